The van der Waals surface area contributed by atoms with Crippen LogP contribution in [-0.2, 0) is 4.74 Å². The molecule has 1 aromatic rings. The number of morpholine rings is 1. The van der Waals surface area contributed by atoms with Gasteiger partial charge in [-0.05, 0) is 12.0 Å². The van der Waals surface area contributed by atoms with Crippen molar-refractivity contribution in [3.8, 4) is 0 Å². The molecule has 0 saturated carbocycles. The van der Waals surface area contributed by atoms with E-state index < -0.39 is 6.10 Å². The summed E-state index contributed by atoms with van der Waals surface area (Å²) in [5.41, 5.74) is 0.942. The third-order valence-corrected chi connectivity index (χ3v) is 3.52. The molecule has 1 aliphatic heterocycles. The number of nitrogens with zero attached hydrogens (tertiary/aromatic N) is 1. The van der Waals surface area contributed by atoms with Crippen LogP contribution in [0.1, 0.15) is 18.1 Å². The highest BCUT2D eigenvalue weighted by Gasteiger charge is 2.25. The lowest BCUT2D eigenvalue weighted by atomic mass is 10.0. The molecule has 1 N–H and O–H groups in total. The zero-order valence-electron chi connectivity index (χ0n) is 11.0. The molecule has 1 aliphatic rings. The van der Waals surface area contributed by atoms with Crippen LogP contribution in [0.3, 0.4) is 0 Å². The Balaban J connectivity index is 1.97. The fourth-order valence-corrected chi connectivity index (χ4v) is 2.56. The van der Waals surface area contributed by atoms with Crippen molar-refractivity contribution < 1.29 is 9.84 Å². The predicted octanol–water partition coefficient (Wildman–Crippen LogP) is 2.56. The van der Waals surface area contributed by atoms with Crippen molar-refractivity contribution in [1.82, 2.24) is 4.90 Å². The molecule has 0 radical (unpaired) electrons. The van der Waals surface area contributed by atoms with Gasteiger partial charge in [-0.3, -0.25) is 4.90 Å². The zero-order valence-corrected chi connectivity index (χ0v) is 11.7. The molecule has 104 valence electrons. The Hall–Kier alpha value is -0.870. The number of hydrogen-bond acceptors (Lipinski definition) is 3. The highest BCUT2D eigenvalue weighted by Crippen LogP contribution is 2.23. The average molecular weight is 282 g/mol. The van der Waals surface area contributed by atoms with E-state index in [0.29, 0.717) is 31.2 Å². The van der Waals surface area contributed by atoms with Crippen LogP contribution in [0.2, 0.25) is 0 Å². The van der Waals surface area contributed by atoms with Crippen LogP contribution in [0.25, 0.3) is 0 Å². The Morgan fingerprint density at radius 3 is 2.89 bits per heavy atom. The molecule has 2 atom stereocenters. The largest absolute Gasteiger partial charge is 0.388 e. The van der Waals surface area contributed by atoms with Crippen molar-refractivity contribution in [3.63, 3.8) is 0 Å². The van der Waals surface area contributed by atoms with Crippen molar-refractivity contribution in [2.45, 2.75) is 18.6 Å². The van der Waals surface area contributed by atoms with Crippen LogP contribution in [0, 0.1) is 0 Å². The van der Waals surface area contributed by atoms with E-state index in [-0.39, 0.29) is 6.04 Å². The van der Waals surface area contributed by atoms with Crippen LogP contribution < -0.4 is 0 Å². The third-order valence-electron chi connectivity index (χ3n) is 3.40. The van der Waals surface area contributed by atoms with Gasteiger partial charge < -0.3 is 9.84 Å². The lowest BCUT2D eigenvalue weighted by Crippen LogP contribution is -2.46. The molecule has 1 saturated heterocycles. The number of hydrogen-bond donors (Lipinski definition) is 1. The molecule has 0 amide bonds. The fraction of sp³-hybridized carbons (Fsp3) is 0.467. The summed E-state index contributed by atoms with van der Waals surface area (Å²) >= 11 is 5.89. The minimum Gasteiger partial charge on any atom is -0.388 e. The first-order valence-corrected chi connectivity index (χ1v) is 6.92. The number of ether oxygens (including phenoxy) is 1. The van der Waals surface area contributed by atoms with Gasteiger partial charge >= 0.3 is 0 Å². The predicted molar refractivity (Wildman–Crippen MR) is 77.2 cm³/mol. The Morgan fingerprint density at radius 1 is 1.47 bits per heavy atom. The molecule has 2 rings (SSSR count). The summed E-state index contributed by atoms with van der Waals surface area (Å²) < 4.78 is 5.51. The number of halogens is 1. The lowest BCUT2D eigenvalue weighted by Gasteiger charge is -2.36. The van der Waals surface area contributed by atoms with Gasteiger partial charge in [0, 0.05) is 24.2 Å². The van der Waals surface area contributed by atoms with Gasteiger partial charge in [0.2, 0.25) is 0 Å². The molecular formula is C15H20ClNO2. The van der Waals surface area contributed by atoms with E-state index >= 15 is 0 Å². The smallest absolute Gasteiger partial charge is 0.0805 e. The van der Waals surface area contributed by atoms with Crippen molar-refractivity contribution in [2.24, 2.45) is 0 Å². The van der Waals surface area contributed by atoms with E-state index in [1.54, 1.807) is 0 Å². The van der Waals surface area contributed by atoms with E-state index in [9.17, 15) is 5.11 Å². The van der Waals surface area contributed by atoms with Crippen LogP contribution in [0.5, 0.6) is 0 Å². The summed E-state index contributed by atoms with van der Waals surface area (Å²) in [6.07, 6.45) is 0.174. The Labute approximate surface area is 119 Å². The van der Waals surface area contributed by atoms with Gasteiger partial charge in [-0.2, -0.15) is 0 Å². The van der Waals surface area contributed by atoms with E-state index in [2.05, 4.69) is 11.5 Å². The second kappa shape index (κ2) is 7.06. The fourth-order valence-electron chi connectivity index (χ4n) is 2.40. The number of aliphatic hydroxyl groups excluding tert-OH is 1. The molecular weight excluding hydrogens is 262 g/mol. The quantitative estimate of drug-likeness (QED) is 0.900. The van der Waals surface area contributed by atoms with Gasteiger partial charge in [-0.15, -0.1) is 0 Å². The van der Waals surface area contributed by atoms with E-state index in [1.807, 2.05) is 30.3 Å². The standard InChI is InChI=1S/C15H20ClNO2/c1-12(16)10-17-7-8-19-11-14(17)9-15(18)13-5-3-2-4-6-13/h2-6,14-15,18H,1,7-11H2. The molecule has 0 spiro atoms. The van der Waals surface area contributed by atoms with Crippen LogP contribution >= 0.6 is 11.6 Å². The number of benzene rings is 1. The summed E-state index contributed by atoms with van der Waals surface area (Å²) in [6.45, 7) is 6.57. The molecule has 19 heavy (non-hydrogen) atoms. The van der Waals surface area contributed by atoms with Crippen molar-refractivity contribution in [1.29, 1.82) is 0 Å². The molecule has 2 unspecified atom stereocenters. The second-order valence-corrected chi connectivity index (χ2v) is 5.41. The van der Waals surface area contributed by atoms with E-state index in [1.165, 1.54) is 0 Å². The third kappa shape index (κ3) is 4.32. The molecule has 1 fully saturated rings. The SMILES string of the molecule is C=C(Cl)CN1CCOCC1CC(O)c1ccccc1. The number of rotatable bonds is 5. The first kappa shape index (κ1) is 14.5. The molecule has 0 aliphatic carbocycles. The minimum absolute atomic E-state index is 0.180. The average Bonchev–Trinajstić information content (AvgIpc) is 2.41. The van der Waals surface area contributed by atoms with Gasteiger partial charge in [-0.25, -0.2) is 0 Å². The van der Waals surface area contributed by atoms with Gasteiger partial charge in [0.25, 0.3) is 0 Å². The molecule has 1 aromatic carbocycles. The number of aliphatic hydroxyl groups is 1. The van der Waals surface area contributed by atoms with E-state index in [4.69, 9.17) is 16.3 Å². The summed E-state index contributed by atoms with van der Waals surface area (Å²) in [5.74, 6) is 0. The maximum absolute atomic E-state index is 10.3. The summed E-state index contributed by atoms with van der Waals surface area (Å²) in [6, 6.07) is 9.89. The monoisotopic (exact) mass is 281 g/mol. The first-order chi connectivity index (χ1) is 9.16. The molecule has 4 heteroatoms. The Morgan fingerprint density at radius 2 is 2.21 bits per heavy atom. The summed E-state index contributed by atoms with van der Waals surface area (Å²) in [7, 11) is 0. The maximum Gasteiger partial charge on any atom is 0.0805 e. The van der Waals surface area contributed by atoms with Gasteiger partial charge in [0.05, 0.1) is 19.3 Å². The highest BCUT2D eigenvalue weighted by molar-refractivity contribution is 6.29. The van der Waals surface area contributed by atoms with Gasteiger partial charge in [-0.1, -0.05) is 48.5 Å². The minimum atomic E-state index is -0.473. The molecule has 0 aromatic heterocycles. The first-order valence-electron chi connectivity index (χ1n) is 6.55. The van der Waals surface area contributed by atoms with E-state index in [0.717, 1.165) is 12.1 Å². The topological polar surface area (TPSA) is 32.7 Å². The second-order valence-electron chi connectivity index (χ2n) is 4.88. The van der Waals surface area contributed by atoms with Crippen LogP contribution in [-0.4, -0.2) is 42.4 Å². The lowest BCUT2D eigenvalue weighted by molar-refractivity contribution is -0.0213. The van der Waals surface area contributed by atoms with Crippen molar-refractivity contribution >= 4 is 11.6 Å². The molecule has 3 nitrogen and oxygen atoms in total. The highest BCUT2D eigenvalue weighted by atomic mass is 35.5. The van der Waals surface area contributed by atoms with Gasteiger partial charge in [0.1, 0.15) is 0 Å². The summed E-state index contributed by atoms with van der Waals surface area (Å²) in [5, 5.41) is 10.9. The Bertz CT molecular complexity index is 410. The van der Waals surface area contributed by atoms with Crippen LogP contribution in [0.15, 0.2) is 41.9 Å². The summed E-state index contributed by atoms with van der Waals surface area (Å²) in [4.78, 5) is 2.23. The maximum atomic E-state index is 10.3. The van der Waals surface area contributed by atoms with Crippen LogP contribution in [0.4, 0.5) is 0 Å². The van der Waals surface area contributed by atoms with Crippen molar-refractivity contribution in [2.75, 3.05) is 26.3 Å². The Kier molecular flexibility index (Phi) is 5.40. The molecule has 1 heterocycles. The normalized spacial score (nSPS) is 22.1. The van der Waals surface area contributed by atoms with Gasteiger partial charge in [0.15, 0.2) is 0 Å². The zero-order chi connectivity index (χ0) is 13.7. The molecule has 0 bridgehead atoms. The van der Waals surface area contributed by atoms with Crippen molar-refractivity contribution in [3.05, 3.63) is 47.5 Å².